The van der Waals surface area contributed by atoms with Crippen molar-refractivity contribution in [2.24, 2.45) is 0 Å². The van der Waals surface area contributed by atoms with Gasteiger partial charge in [-0.05, 0) is 58.7 Å². The highest BCUT2D eigenvalue weighted by molar-refractivity contribution is 9.10. The molecule has 1 aliphatic rings. The SMILES string of the molecule is Nc1ncc(-c2cccc(C(=O)NCc3ccc(F)c(Br)c3)c2)nc1C(=O)N[C@H]1CCNC1. The Morgan fingerprint density at radius 3 is 2.82 bits per heavy atom. The van der Waals surface area contributed by atoms with Crippen molar-refractivity contribution in [3.63, 3.8) is 0 Å². The first kappa shape index (κ1) is 22.8. The van der Waals surface area contributed by atoms with Crippen LogP contribution < -0.4 is 21.7 Å². The summed E-state index contributed by atoms with van der Waals surface area (Å²) in [4.78, 5) is 33.8. The van der Waals surface area contributed by atoms with Crippen LogP contribution in [0.25, 0.3) is 11.3 Å². The molecule has 5 N–H and O–H groups in total. The normalized spacial score (nSPS) is 15.3. The number of carbonyl (C=O) groups is 2. The molecule has 33 heavy (non-hydrogen) atoms. The minimum Gasteiger partial charge on any atom is -0.382 e. The minimum atomic E-state index is -0.380. The third kappa shape index (κ3) is 5.52. The number of anilines is 1. The second kappa shape index (κ2) is 10.1. The number of hydrogen-bond acceptors (Lipinski definition) is 6. The van der Waals surface area contributed by atoms with Crippen molar-refractivity contribution in [2.75, 3.05) is 18.8 Å². The number of halogens is 2. The molecule has 1 saturated heterocycles. The Morgan fingerprint density at radius 1 is 1.21 bits per heavy atom. The van der Waals surface area contributed by atoms with Gasteiger partial charge in [-0.2, -0.15) is 0 Å². The number of amides is 2. The summed E-state index contributed by atoms with van der Waals surface area (Å²) in [6.07, 6.45) is 2.31. The van der Waals surface area contributed by atoms with Crippen LogP contribution in [0.15, 0.2) is 53.1 Å². The van der Waals surface area contributed by atoms with Crippen LogP contribution >= 0.6 is 15.9 Å². The number of aromatic nitrogens is 2. The highest BCUT2D eigenvalue weighted by Gasteiger charge is 2.21. The summed E-state index contributed by atoms with van der Waals surface area (Å²) in [6, 6.07) is 11.4. The van der Waals surface area contributed by atoms with E-state index < -0.39 is 0 Å². The number of nitrogens with two attached hydrogens (primary N) is 1. The van der Waals surface area contributed by atoms with E-state index in [1.54, 1.807) is 36.4 Å². The molecule has 0 bridgehead atoms. The van der Waals surface area contributed by atoms with Crippen LogP contribution in [-0.2, 0) is 6.54 Å². The minimum absolute atomic E-state index is 0.0242. The predicted molar refractivity (Wildman–Crippen MR) is 126 cm³/mol. The number of nitrogens with one attached hydrogen (secondary N) is 3. The Labute approximate surface area is 198 Å². The van der Waals surface area contributed by atoms with Gasteiger partial charge < -0.3 is 21.7 Å². The zero-order valence-electron chi connectivity index (χ0n) is 17.6. The molecule has 0 unspecified atom stereocenters. The third-order valence-electron chi connectivity index (χ3n) is 5.27. The van der Waals surface area contributed by atoms with Gasteiger partial charge in [0.15, 0.2) is 11.5 Å². The number of carbonyl (C=O) groups excluding carboxylic acids is 2. The second-order valence-electron chi connectivity index (χ2n) is 7.66. The molecule has 1 atom stereocenters. The van der Waals surface area contributed by atoms with Gasteiger partial charge in [0.2, 0.25) is 0 Å². The Morgan fingerprint density at radius 2 is 2.06 bits per heavy atom. The van der Waals surface area contributed by atoms with Crippen molar-refractivity contribution in [3.05, 3.63) is 75.8 Å². The molecule has 4 rings (SSSR count). The van der Waals surface area contributed by atoms with Gasteiger partial charge in [0.1, 0.15) is 5.82 Å². The van der Waals surface area contributed by atoms with E-state index in [4.69, 9.17) is 5.73 Å². The summed E-state index contributed by atoms with van der Waals surface area (Å²) in [7, 11) is 0. The van der Waals surface area contributed by atoms with Crippen LogP contribution in [0.4, 0.5) is 10.2 Å². The highest BCUT2D eigenvalue weighted by atomic mass is 79.9. The maximum Gasteiger partial charge on any atom is 0.274 e. The fourth-order valence-electron chi connectivity index (χ4n) is 3.49. The summed E-state index contributed by atoms with van der Waals surface area (Å²) in [5.74, 6) is -1.00. The first-order valence-corrected chi connectivity index (χ1v) is 11.2. The van der Waals surface area contributed by atoms with Crippen LogP contribution in [0.2, 0.25) is 0 Å². The Kier molecular flexibility index (Phi) is 6.95. The number of nitrogens with zero attached hydrogens (tertiary/aromatic N) is 2. The summed E-state index contributed by atoms with van der Waals surface area (Å²) in [5, 5.41) is 8.91. The van der Waals surface area contributed by atoms with Gasteiger partial charge >= 0.3 is 0 Å². The quantitative estimate of drug-likeness (QED) is 0.402. The molecule has 1 aliphatic heterocycles. The molecular weight excluding hydrogens is 491 g/mol. The Balaban J connectivity index is 1.49. The topological polar surface area (TPSA) is 122 Å². The van der Waals surface area contributed by atoms with Gasteiger partial charge in [-0.3, -0.25) is 9.59 Å². The molecule has 10 heteroatoms. The molecule has 1 aromatic heterocycles. The van der Waals surface area contributed by atoms with Crippen molar-refractivity contribution < 1.29 is 14.0 Å². The average molecular weight is 513 g/mol. The maximum absolute atomic E-state index is 13.4. The number of benzene rings is 2. The summed E-state index contributed by atoms with van der Waals surface area (Å²) < 4.78 is 13.7. The van der Waals surface area contributed by atoms with E-state index in [0.717, 1.165) is 18.5 Å². The van der Waals surface area contributed by atoms with Crippen LogP contribution in [-0.4, -0.2) is 40.9 Å². The van der Waals surface area contributed by atoms with Gasteiger partial charge in [0, 0.05) is 30.3 Å². The van der Waals surface area contributed by atoms with E-state index in [1.165, 1.54) is 12.3 Å². The zero-order valence-corrected chi connectivity index (χ0v) is 19.2. The molecule has 8 nitrogen and oxygen atoms in total. The molecule has 0 aliphatic carbocycles. The molecule has 2 amide bonds. The van der Waals surface area contributed by atoms with Gasteiger partial charge in [0.05, 0.1) is 16.4 Å². The monoisotopic (exact) mass is 512 g/mol. The predicted octanol–water partition coefficient (Wildman–Crippen LogP) is 2.65. The van der Waals surface area contributed by atoms with Crippen molar-refractivity contribution in [3.8, 4) is 11.3 Å². The lowest BCUT2D eigenvalue weighted by molar-refractivity contribution is 0.0932. The zero-order chi connectivity index (χ0) is 23.4. The van der Waals surface area contributed by atoms with Gasteiger partial charge in [-0.15, -0.1) is 0 Å². The smallest absolute Gasteiger partial charge is 0.274 e. The molecular formula is C23H22BrFN6O2. The fraction of sp³-hybridized carbons (Fsp3) is 0.217. The number of rotatable bonds is 6. The van der Waals surface area contributed by atoms with Crippen LogP contribution in [0.1, 0.15) is 32.8 Å². The first-order valence-electron chi connectivity index (χ1n) is 10.4. The van der Waals surface area contributed by atoms with E-state index in [2.05, 4.69) is 41.8 Å². The van der Waals surface area contributed by atoms with Crippen molar-refractivity contribution >= 4 is 33.6 Å². The van der Waals surface area contributed by atoms with Crippen molar-refractivity contribution in [1.29, 1.82) is 0 Å². The number of hydrogen-bond donors (Lipinski definition) is 4. The molecule has 0 saturated carbocycles. The lowest BCUT2D eigenvalue weighted by Crippen LogP contribution is -2.37. The lowest BCUT2D eigenvalue weighted by atomic mass is 10.1. The van der Waals surface area contributed by atoms with Crippen molar-refractivity contribution in [1.82, 2.24) is 25.9 Å². The first-order chi connectivity index (χ1) is 15.9. The largest absolute Gasteiger partial charge is 0.382 e. The van der Waals surface area contributed by atoms with Gasteiger partial charge in [-0.25, -0.2) is 14.4 Å². The molecule has 2 heterocycles. The highest BCUT2D eigenvalue weighted by Crippen LogP contribution is 2.21. The molecule has 0 radical (unpaired) electrons. The summed E-state index contributed by atoms with van der Waals surface area (Å²) in [6.45, 7) is 1.79. The van der Waals surface area contributed by atoms with E-state index in [1.807, 2.05) is 0 Å². The molecule has 0 spiro atoms. The van der Waals surface area contributed by atoms with Gasteiger partial charge in [-0.1, -0.05) is 18.2 Å². The third-order valence-corrected chi connectivity index (χ3v) is 5.88. The molecule has 3 aromatic rings. The summed E-state index contributed by atoms with van der Waals surface area (Å²) >= 11 is 3.14. The van der Waals surface area contributed by atoms with Crippen molar-refractivity contribution in [2.45, 2.75) is 19.0 Å². The number of nitrogen functional groups attached to an aromatic ring is 1. The van der Waals surface area contributed by atoms with E-state index >= 15 is 0 Å². The van der Waals surface area contributed by atoms with Crippen LogP contribution in [0, 0.1) is 5.82 Å². The summed E-state index contributed by atoms with van der Waals surface area (Å²) in [5.41, 5.74) is 8.16. The van der Waals surface area contributed by atoms with Crippen LogP contribution in [0.3, 0.4) is 0 Å². The van der Waals surface area contributed by atoms with E-state index in [0.29, 0.717) is 27.8 Å². The second-order valence-corrected chi connectivity index (χ2v) is 8.52. The molecule has 1 fully saturated rings. The fourth-order valence-corrected chi connectivity index (χ4v) is 3.92. The lowest BCUT2D eigenvalue weighted by Gasteiger charge is -2.12. The maximum atomic E-state index is 13.4. The Hall–Kier alpha value is -3.37. The standard InChI is InChI=1S/C23H22BrFN6O2/c24-17-8-13(4-5-18(17)25)10-29-22(32)15-3-1-2-14(9-15)19-12-28-21(26)20(31-19)23(33)30-16-6-7-27-11-16/h1-5,8-9,12,16,27H,6-7,10-11H2,(H2,26,28)(H,29,32)(H,30,33)/t16-/m0/s1. The average Bonchev–Trinajstić information content (AvgIpc) is 3.33. The van der Waals surface area contributed by atoms with E-state index in [9.17, 15) is 14.0 Å². The van der Waals surface area contributed by atoms with Gasteiger partial charge in [0.25, 0.3) is 11.8 Å². The molecule has 170 valence electrons. The molecule has 2 aromatic carbocycles. The Bertz CT molecular complexity index is 1200. The van der Waals surface area contributed by atoms with E-state index in [-0.39, 0.29) is 41.7 Å². The van der Waals surface area contributed by atoms with Crippen LogP contribution in [0.5, 0.6) is 0 Å².